The molecular weight excluding hydrogens is 442 g/mol. The van der Waals surface area contributed by atoms with E-state index in [1.807, 2.05) is 24.3 Å². The molecule has 4 rings (SSSR count). The first kappa shape index (κ1) is 21.9. The lowest BCUT2D eigenvalue weighted by Gasteiger charge is -2.11. The number of phenolic OH excluding ortho intramolecular Hbond substituents is 2. The molecule has 7 nitrogen and oxygen atoms in total. The van der Waals surface area contributed by atoms with E-state index in [0.717, 1.165) is 16.3 Å². The van der Waals surface area contributed by atoms with E-state index < -0.39 is 11.8 Å². The molecule has 164 valence electrons. The van der Waals surface area contributed by atoms with Crippen molar-refractivity contribution >= 4 is 46.1 Å². The molecule has 0 saturated carbocycles. The second-order valence-electron chi connectivity index (χ2n) is 7.08. The summed E-state index contributed by atoms with van der Waals surface area (Å²) in [5.41, 5.74) is 4.13. The molecule has 33 heavy (non-hydrogen) atoms. The molecule has 0 spiro atoms. The fourth-order valence-electron chi connectivity index (χ4n) is 3.27. The van der Waals surface area contributed by atoms with Crippen molar-refractivity contribution < 1.29 is 19.8 Å². The number of para-hydroxylation sites is 1. The zero-order chi connectivity index (χ0) is 23.4. The number of hydrogen-bond donors (Lipinski definition) is 4. The van der Waals surface area contributed by atoms with Crippen molar-refractivity contribution in [1.82, 2.24) is 5.43 Å². The number of anilines is 1. The summed E-state index contributed by atoms with van der Waals surface area (Å²) in [5, 5.41) is 27.9. The van der Waals surface area contributed by atoms with E-state index in [1.54, 1.807) is 24.3 Å². The highest BCUT2D eigenvalue weighted by molar-refractivity contribution is 6.32. The van der Waals surface area contributed by atoms with E-state index in [-0.39, 0.29) is 27.6 Å². The summed E-state index contributed by atoms with van der Waals surface area (Å²) in [6, 6.07) is 21.3. The van der Waals surface area contributed by atoms with Crippen LogP contribution < -0.4 is 10.7 Å². The summed E-state index contributed by atoms with van der Waals surface area (Å²) in [4.78, 5) is 24.9. The van der Waals surface area contributed by atoms with Gasteiger partial charge in [-0.3, -0.25) is 9.59 Å². The average Bonchev–Trinajstić information content (AvgIpc) is 2.82. The number of nitrogens with zero attached hydrogens (tertiary/aromatic N) is 1. The van der Waals surface area contributed by atoms with E-state index in [0.29, 0.717) is 5.69 Å². The Kier molecular flexibility index (Phi) is 6.24. The van der Waals surface area contributed by atoms with Gasteiger partial charge in [0.15, 0.2) is 0 Å². The molecular formula is C25H18ClN3O4. The van der Waals surface area contributed by atoms with Gasteiger partial charge < -0.3 is 15.5 Å². The van der Waals surface area contributed by atoms with Gasteiger partial charge in [-0.15, -0.1) is 0 Å². The van der Waals surface area contributed by atoms with Crippen LogP contribution in [0.25, 0.3) is 10.8 Å². The second kappa shape index (κ2) is 9.42. The van der Waals surface area contributed by atoms with Crippen LogP contribution in [0.4, 0.5) is 5.69 Å². The van der Waals surface area contributed by atoms with Gasteiger partial charge in [-0.25, -0.2) is 5.43 Å². The number of hydrazone groups is 1. The molecule has 0 radical (unpaired) electrons. The zero-order valence-corrected chi connectivity index (χ0v) is 17.9. The maximum Gasteiger partial charge on any atom is 0.271 e. The van der Waals surface area contributed by atoms with Crippen LogP contribution in [-0.2, 0) is 0 Å². The predicted molar refractivity (Wildman–Crippen MR) is 128 cm³/mol. The normalized spacial score (nSPS) is 10.9. The van der Waals surface area contributed by atoms with Crippen LogP contribution in [-0.4, -0.2) is 28.2 Å². The SMILES string of the molecule is O=C(N/N=C/c1ccc(NC(=O)c2ccccc2O)c2ccccc12)c1ccc(O)c(Cl)c1. The summed E-state index contributed by atoms with van der Waals surface area (Å²) in [5.74, 6) is -1.13. The number of hydrogen-bond acceptors (Lipinski definition) is 5. The number of halogens is 1. The maximum absolute atomic E-state index is 12.6. The number of carbonyl (C=O) groups is 2. The number of nitrogens with one attached hydrogen (secondary N) is 2. The van der Waals surface area contributed by atoms with Gasteiger partial charge in [0.05, 0.1) is 16.8 Å². The molecule has 0 bridgehead atoms. The van der Waals surface area contributed by atoms with Crippen LogP contribution >= 0.6 is 11.6 Å². The summed E-state index contributed by atoms with van der Waals surface area (Å²) >= 11 is 5.84. The Bertz CT molecular complexity index is 1400. The Balaban J connectivity index is 1.56. The Morgan fingerprint density at radius 1 is 0.818 bits per heavy atom. The van der Waals surface area contributed by atoms with Gasteiger partial charge in [0.25, 0.3) is 11.8 Å². The van der Waals surface area contributed by atoms with Crippen LogP contribution in [0.15, 0.2) is 84.0 Å². The highest BCUT2D eigenvalue weighted by Gasteiger charge is 2.13. The topological polar surface area (TPSA) is 111 Å². The minimum Gasteiger partial charge on any atom is -0.507 e. The van der Waals surface area contributed by atoms with E-state index in [9.17, 15) is 19.8 Å². The molecule has 4 N–H and O–H groups in total. The highest BCUT2D eigenvalue weighted by atomic mass is 35.5. The predicted octanol–water partition coefficient (Wildman–Crippen LogP) is 4.92. The van der Waals surface area contributed by atoms with Crippen LogP contribution in [0.5, 0.6) is 11.5 Å². The molecule has 4 aromatic rings. The van der Waals surface area contributed by atoms with Gasteiger partial charge in [-0.2, -0.15) is 5.10 Å². The monoisotopic (exact) mass is 459 g/mol. The Hall–Kier alpha value is -4.36. The molecule has 0 heterocycles. The Morgan fingerprint density at radius 2 is 1.55 bits per heavy atom. The van der Waals surface area contributed by atoms with Gasteiger partial charge in [0, 0.05) is 22.2 Å². The van der Waals surface area contributed by atoms with E-state index in [4.69, 9.17) is 11.6 Å². The first-order valence-corrected chi connectivity index (χ1v) is 10.2. The second-order valence-corrected chi connectivity index (χ2v) is 7.49. The number of phenols is 2. The number of fused-ring (bicyclic) bond motifs is 1. The molecule has 0 fully saturated rings. The molecule has 0 unspecified atom stereocenters. The Labute approximate surface area is 194 Å². The first-order chi connectivity index (χ1) is 15.9. The third-order valence-electron chi connectivity index (χ3n) is 4.93. The molecule has 0 atom stereocenters. The average molecular weight is 460 g/mol. The lowest BCUT2D eigenvalue weighted by atomic mass is 10.0. The van der Waals surface area contributed by atoms with Crippen molar-refractivity contribution in [3.8, 4) is 11.5 Å². The number of carbonyl (C=O) groups excluding carboxylic acids is 2. The molecule has 0 aliphatic carbocycles. The van der Waals surface area contributed by atoms with Crippen molar-refractivity contribution in [2.75, 3.05) is 5.32 Å². The fraction of sp³-hybridized carbons (Fsp3) is 0. The molecule has 0 aliphatic heterocycles. The van der Waals surface area contributed by atoms with Crippen molar-refractivity contribution in [3.63, 3.8) is 0 Å². The smallest absolute Gasteiger partial charge is 0.271 e. The highest BCUT2D eigenvalue weighted by Crippen LogP contribution is 2.27. The maximum atomic E-state index is 12.6. The molecule has 2 amide bonds. The van der Waals surface area contributed by atoms with Crippen molar-refractivity contribution in [3.05, 3.63) is 101 Å². The van der Waals surface area contributed by atoms with Crippen LogP contribution in [0.3, 0.4) is 0 Å². The molecule has 8 heteroatoms. The van der Waals surface area contributed by atoms with Gasteiger partial charge in [-0.05, 0) is 41.8 Å². The number of amides is 2. The van der Waals surface area contributed by atoms with Crippen molar-refractivity contribution in [1.29, 1.82) is 0 Å². The lowest BCUT2D eigenvalue weighted by molar-refractivity contribution is 0.0954. The number of benzene rings is 4. The fourth-order valence-corrected chi connectivity index (χ4v) is 3.45. The third-order valence-corrected chi connectivity index (χ3v) is 5.24. The van der Waals surface area contributed by atoms with Crippen molar-refractivity contribution in [2.45, 2.75) is 0 Å². The zero-order valence-electron chi connectivity index (χ0n) is 17.1. The van der Waals surface area contributed by atoms with Crippen molar-refractivity contribution in [2.24, 2.45) is 5.10 Å². The molecule has 0 saturated heterocycles. The van der Waals surface area contributed by atoms with Crippen LogP contribution in [0.1, 0.15) is 26.3 Å². The summed E-state index contributed by atoms with van der Waals surface area (Å²) < 4.78 is 0. The van der Waals surface area contributed by atoms with Gasteiger partial charge >= 0.3 is 0 Å². The van der Waals surface area contributed by atoms with E-state index >= 15 is 0 Å². The first-order valence-electron chi connectivity index (χ1n) is 9.87. The largest absolute Gasteiger partial charge is 0.507 e. The quantitative estimate of drug-likeness (QED) is 0.251. The summed E-state index contributed by atoms with van der Waals surface area (Å²) in [6.45, 7) is 0. The van der Waals surface area contributed by atoms with Crippen LogP contribution in [0, 0.1) is 0 Å². The van der Waals surface area contributed by atoms with Crippen LogP contribution in [0.2, 0.25) is 5.02 Å². The van der Waals surface area contributed by atoms with E-state index in [1.165, 1.54) is 36.5 Å². The number of rotatable bonds is 5. The molecule has 0 aliphatic rings. The summed E-state index contributed by atoms with van der Waals surface area (Å²) in [7, 11) is 0. The van der Waals surface area contributed by atoms with E-state index in [2.05, 4.69) is 15.8 Å². The lowest BCUT2D eigenvalue weighted by Crippen LogP contribution is -2.17. The number of aromatic hydroxyl groups is 2. The minimum absolute atomic E-state index is 0.0686. The van der Waals surface area contributed by atoms with Gasteiger partial charge in [-0.1, -0.05) is 54.1 Å². The third kappa shape index (κ3) is 4.78. The van der Waals surface area contributed by atoms with Gasteiger partial charge in [0.2, 0.25) is 0 Å². The standard InChI is InChI=1S/C25H18ClN3O4/c26-20-13-15(10-12-23(20)31)24(32)29-27-14-16-9-11-21(18-6-2-1-5-17(16)18)28-25(33)19-7-3-4-8-22(19)30/h1-14,30-31H,(H,28,33)(H,29,32)/b27-14+. The van der Waals surface area contributed by atoms with Gasteiger partial charge in [0.1, 0.15) is 11.5 Å². The molecule has 4 aromatic carbocycles. The summed E-state index contributed by atoms with van der Waals surface area (Å²) in [6.07, 6.45) is 1.50. The Morgan fingerprint density at radius 3 is 2.30 bits per heavy atom. The minimum atomic E-state index is -0.482. The molecule has 0 aromatic heterocycles.